The van der Waals surface area contributed by atoms with Crippen molar-refractivity contribution in [3.05, 3.63) is 29.8 Å². The quantitative estimate of drug-likeness (QED) is 0.407. The van der Waals surface area contributed by atoms with Gasteiger partial charge >= 0.3 is 13.6 Å². The second-order valence-electron chi connectivity index (χ2n) is 6.48. The summed E-state index contributed by atoms with van der Waals surface area (Å²) in [6.07, 6.45) is 0. The highest BCUT2D eigenvalue weighted by Crippen LogP contribution is 2.54. The number of thioether (sulfide) groups is 1. The third-order valence-electron chi connectivity index (χ3n) is 4.16. The predicted molar refractivity (Wildman–Crippen MR) is 110 cm³/mol. The third-order valence-corrected chi connectivity index (χ3v) is 8.15. The van der Waals surface area contributed by atoms with Crippen molar-refractivity contribution in [3.8, 4) is 5.75 Å². The van der Waals surface area contributed by atoms with Gasteiger partial charge in [0.05, 0.1) is 13.2 Å². The summed E-state index contributed by atoms with van der Waals surface area (Å²) in [5.74, 6) is 0.915. The summed E-state index contributed by atoms with van der Waals surface area (Å²) >= 11 is 6.94. The van der Waals surface area contributed by atoms with Gasteiger partial charge in [0.1, 0.15) is 16.1 Å². The fourth-order valence-corrected chi connectivity index (χ4v) is 7.27. The largest absolute Gasteiger partial charge is 0.468 e. The summed E-state index contributed by atoms with van der Waals surface area (Å²) in [6.45, 7) is 7.57. The van der Waals surface area contributed by atoms with Crippen molar-refractivity contribution in [2.24, 2.45) is 5.92 Å². The minimum absolute atomic E-state index is 0.0558. The van der Waals surface area contributed by atoms with Crippen LogP contribution >= 0.6 is 31.7 Å². The van der Waals surface area contributed by atoms with Gasteiger partial charge in [0, 0.05) is 5.75 Å². The normalized spacial score (nSPS) is 20.8. The third kappa shape index (κ3) is 4.60. The Hall–Kier alpha value is -1.08. The van der Waals surface area contributed by atoms with Gasteiger partial charge in [0.15, 0.2) is 0 Å². The van der Waals surface area contributed by atoms with Gasteiger partial charge in [0.2, 0.25) is 0 Å². The SMILES string of the molecule is COC(=O)[C@H](C)NP(=O)(Oc1ccccc1C)N1C(=S)SC[C@@H]1C(C)C. The molecule has 1 aliphatic rings. The van der Waals surface area contributed by atoms with E-state index in [9.17, 15) is 9.36 Å². The number of aryl methyl sites for hydroxylation is 1. The zero-order valence-electron chi connectivity index (χ0n) is 15.6. The van der Waals surface area contributed by atoms with Gasteiger partial charge in [-0.05, 0) is 31.4 Å². The number of hydrogen-bond acceptors (Lipinski definition) is 6. The number of benzene rings is 1. The van der Waals surface area contributed by atoms with Crippen molar-refractivity contribution in [1.29, 1.82) is 0 Å². The van der Waals surface area contributed by atoms with E-state index in [1.54, 1.807) is 17.7 Å². The van der Waals surface area contributed by atoms with Crippen molar-refractivity contribution in [1.82, 2.24) is 9.76 Å². The van der Waals surface area contributed by atoms with Crippen molar-refractivity contribution < 1.29 is 18.6 Å². The molecule has 0 saturated carbocycles. The van der Waals surface area contributed by atoms with Gasteiger partial charge < -0.3 is 9.26 Å². The summed E-state index contributed by atoms with van der Waals surface area (Å²) < 4.78 is 26.9. The van der Waals surface area contributed by atoms with Gasteiger partial charge in [-0.2, -0.15) is 0 Å². The Bertz CT molecular complexity index is 728. The van der Waals surface area contributed by atoms with E-state index in [4.69, 9.17) is 21.5 Å². The molecule has 1 unspecified atom stereocenters. The molecule has 1 aromatic carbocycles. The average Bonchev–Trinajstić information content (AvgIpc) is 2.98. The number of para-hydroxylation sites is 1. The first-order valence-corrected chi connectivity index (χ1v) is 11.3. The molecule has 0 spiro atoms. The number of carbonyl (C=O) groups excluding carboxylic acids is 1. The van der Waals surface area contributed by atoms with Gasteiger partial charge in [-0.3, -0.25) is 9.46 Å². The van der Waals surface area contributed by atoms with Crippen molar-refractivity contribution >= 4 is 41.9 Å². The number of methoxy groups -OCH3 is 1. The molecule has 3 atom stereocenters. The first-order valence-electron chi connectivity index (χ1n) is 8.37. The maximum absolute atomic E-state index is 14.0. The number of nitrogens with one attached hydrogen (secondary N) is 1. The predicted octanol–water partition coefficient (Wildman–Crippen LogP) is 3.99. The lowest BCUT2D eigenvalue weighted by Crippen LogP contribution is -2.44. The topological polar surface area (TPSA) is 67.9 Å². The van der Waals surface area contributed by atoms with Crippen molar-refractivity contribution in [2.45, 2.75) is 39.8 Å². The monoisotopic (exact) mass is 416 g/mol. The van der Waals surface area contributed by atoms with E-state index in [0.717, 1.165) is 11.3 Å². The zero-order chi connectivity index (χ0) is 19.5. The summed E-state index contributed by atoms with van der Waals surface area (Å²) in [5, 5.41) is 2.86. The molecule has 0 aliphatic carbocycles. The highest BCUT2D eigenvalue weighted by atomic mass is 32.2. The fraction of sp³-hybridized carbons (Fsp3) is 0.529. The molecule has 0 amide bonds. The van der Waals surface area contributed by atoms with Crippen LogP contribution in [-0.4, -0.2) is 39.9 Å². The molecule has 144 valence electrons. The second-order valence-corrected chi connectivity index (χ2v) is 10.1. The Morgan fingerprint density at radius 2 is 2.04 bits per heavy atom. The number of hydrogen-bond donors (Lipinski definition) is 1. The highest BCUT2D eigenvalue weighted by molar-refractivity contribution is 8.23. The number of nitrogens with zero attached hydrogens (tertiary/aromatic N) is 1. The molecule has 0 bridgehead atoms. The van der Waals surface area contributed by atoms with Gasteiger partial charge in [-0.15, -0.1) is 0 Å². The van der Waals surface area contributed by atoms with E-state index in [0.29, 0.717) is 10.1 Å². The van der Waals surface area contributed by atoms with E-state index >= 15 is 0 Å². The van der Waals surface area contributed by atoms with Crippen LogP contribution < -0.4 is 9.61 Å². The van der Waals surface area contributed by atoms with Gasteiger partial charge in [-0.25, -0.2) is 9.65 Å². The molecular formula is C17H25N2O4PS2. The van der Waals surface area contributed by atoms with Crippen LogP contribution in [0.5, 0.6) is 5.75 Å². The van der Waals surface area contributed by atoms with Crippen LogP contribution in [0.1, 0.15) is 26.3 Å². The summed E-state index contributed by atoms with van der Waals surface area (Å²) in [6, 6.07) is 6.46. The van der Waals surface area contributed by atoms with Crippen LogP contribution in [0.15, 0.2) is 24.3 Å². The van der Waals surface area contributed by atoms with E-state index in [1.807, 2.05) is 39.0 Å². The number of carbonyl (C=O) groups is 1. The molecular weight excluding hydrogens is 391 g/mol. The average molecular weight is 417 g/mol. The minimum Gasteiger partial charge on any atom is -0.468 e. The number of rotatable bonds is 7. The first-order chi connectivity index (χ1) is 12.2. The molecule has 2 rings (SSSR count). The van der Waals surface area contributed by atoms with Crippen LogP contribution in [0.25, 0.3) is 0 Å². The minimum atomic E-state index is -3.68. The van der Waals surface area contributed by atoms with Crippen LogP contribution in [-0.2, 0) is 14.1 Å². The Balaban J connectivity index is 2.43. The Kier molecular flexibility index (Phi) is 7.13. The van der Waals surface area contributed by atoms with Crippen molar-refractivity contribution in [2.75, 3.05) is 12.9 Å². The van der Waals surface area contributed by atoms with Crippen molar-refractivity contribution in [3.63, 3.8) is 0 Å². The maximum atomic E-state index is 14.0. The summed E-state index contributed by atoms with van der Waals surface area (Å²) in [7, 11) is -2.39. The molecule has 26 heavy (non-hydrogen) atoms. The molecule has 1 fully saturated rings. The summed E-state index contributed by atoms with van der Waals surface area (Å²) in [4.78, 5) is 11.9. The lowest BCUT2D eigenvalue weighted by Gasteiger charge is -2.36. The first kappa shape index (κ1) is 21.2. The molecule has 0 radical (unpaired) electrons. The fourth-order valence-electron chi connectivity index (χ4n) is 2.61. The van der Waals surface area contributed by atoms with E-state index in [2.05, 4.69) is 5.09 Å². The Labute approximate surface area is 164 Å². The molecule has 1 aromatic rings. The van der Waals surface area contributed by atoms with Crippen LogP contribution in [0.2, 0.25) is 0 Å². The lowest BCUT2D eigenvalue weighted by molar-refractivity contribution is -0.142. The zero-order valence-corrected chi connectivity index (χ0v) is 18.1. The number of thiocarbonyl (C=S) groups is 1. The molecule has 9 heteroatoms. The molecule has 1 aliphatic heterocycles. The van der Waals surface area contributed by atoms with Crippen LogP contribution in [0, 0.1) is 12.8 Å². The van der Waals surface area contributed by atoms with E-state index in [-0.39, 0.29) is 12.0 Å². The van der Waals surface area contributed by atoms with Gasteiger partial charge in [0.25, 0.3) is 0 Å². The molecule has 1 heterocycles. The molecule has 6 nitrogen and oxygen atoms in total. The summed E-state index contributed by atoms with van der Waals surface area (Å²) in [5.41, 5.74) is 0.846. The van der Waals surface area contributed by atoms with E-state index < -0.39 is 19.7 Å². The van der Waals surface area contributed by atoms with Gasteiger partial charge in [-0.1, -0.05) is 56.0 Å². The molecule has 1 saturated heterocycles. The highest BCUT2D eigenvalue weighted by Gasteiger charge is 2.47. The van der Waals surface area contributed by atoms with Crippen LogP contribution in [0.4, 0.5) is 0 Å². The Morgan fingerprint density at radius 3 is 2.62 bits per heavy atom. The number of esters is 1. The standard InChI is InChI=1S/C17H25N2O4PS2/c1-11(2)14-10-26-17(25)19(14)24(21,18-13(4)16(20)22-5)23-15-9-7-6-8-12(15)3/h6-9,11,13-14H,10H2,1-5H3,(H,18,21)/t13-,14+,24?/m0/s1. The Morgan fingerprint density at radius 1 is 1.38 bits per heavy atom. The van der Waals surface area contributed by atoms with Crippen LogP contribution in [0.3, 0.4) is 0 Å². The second kappa shape index (κ2) is 8.74. The lowest BCUT2D eigenvalue weighted by atomic mass is 10.1. The maximum Gasteiger partial charge on any atom is 0.421 e. The van der Waals surface area contributed by atoms with E-state index in [1.165, 1.54) is 18.9 Å². The smallest absolute Gasteiger partial charge is 0.421 e. The number of ether oxygens (including phenoxy) is 1. The molecule has 1 N–H and O–H groups in total. The molecule has 0 aromatic heterocycles.